The average Bonchev–Trinajstić information content (AvgIpc) is 0.899. The quantitative estimate of drug-likeness (QED) is 0.0222. The van der Waals surface area contributed by atoms with E-state index in [0.717, 1.165) is 95.8 Å². The zero-order chi connectivity index (χ0) is 83.3. The molecule has 0 aromatic heterocycles. The third-order valence-electron chi connectivity index (χ3n) is 22.5. The van der Waals surface area contributed by atoms with Gasteiger partial charge in [-0.2, -0.15) is 0 Å². The van der Waals surface area contributed by atoms with Crippen molar-refractivity contribution in [2.45, 2.75) is 541 Å². The van der Waals surface area contributed by atoms with Crippen molar-refractivity contribution in [3.05, 3.63) is 0 Å². The topological polar surface area (TPSA) is 237 Å². The molecular weight excluding hydrogens is 1470 g/mol. The van der Waals surface area contributed by atoms with Crippen molar-refractivity contribution in [3.8, 4) is 0 Å². The van der Waals surface area contributed by atoms with Crippen molar-refractivity contribution in [2.24, 2.45) is 5.92 Å². The second-order valence-electron chi connectivity index (χ2n) is 34.6. The molecule has 0 aliphatic rings. The van der Waals surface area contributed by atoms with E-state index in [9.17, 15) is 43.2 Å². The number of esters is 4. The summed E-state index contributed by atoms with van der Waals surface area (Å²) in [6, 6.07) is 0. The first-order valence-electron chi connectivity index (χ1n) is 49.1. The normalized spacial score (nSPS) is 13.6. The summed E-state index contributed by atoms with van der Waals surface area (Å²) in [6.07, 6.45) is 84.8. The second-order valence-corrected chi connectivity index (χ2v) is 37.5. The molecule has 0 spiro atoms. The molecule has 2 unspecified atom stereocenters. The smallest absolute Gasteiger partial charge is 0.462 e. The van der Waals surface area contributed by atoms with E-state index < -0.39 is 97.5 Å². The summed E-state index contributed by atoms with van der Waals surface area (Å²) in [5.41, 5.74) is 0. The van der Waals surface area contributed by atoms with Gasteiger partial charge in [0.05, 0.1) is 26.4 Å². The molecule has 19 heteroatoms. The van der Waals surface area contributed by atoms with Crippen molar-refractivity contribution < 1.29 is 80.2 Å². The van der Waals surface area contributed by atoms with Crippen LogP contribution in [0.2, 0.25) is 0 Å². The average molecular weight is 1660 g/mol. The van der Waals surface area contributed by atoms with Gasteiger partial charge in [-0.05, 0) is 31.6 Å². The van der Waals surface area contributed by atoms with Crippen molar-refractivity contribution in [1.29, 1.82) is 0 Å². The highest BCUT2D eigenvalue weighted by Gasteiger charge is 2.31. The van der Waals surface area contributed by atoms with Gasteiger partial charge in [0.25, 0.3) is 0 Å². The van der Waals surface area contributed by atoms with E-state index in [4.69, 9.17) is 37.0 Å². The molecule has 0 bridgehead atoms. The van der Waals surface area contributed by atoms with Gasteiger partial charge in [-0.25, -0.2) is 9.13 Å². The number of rotatable bonds is 95. The van der Waals surface area contributed by atoms with Crippen LogP contribution >= 0.6 is 15.6 Å². The van der Waals surface area contributed by atoms with Crippen LogP contribution in [0.4, 0.5) is 0 Å². The number of carbonyl (C=O) groups is 4. The minimum absolute atomic E-state index is 0.110. The van der Waals surface area contributed by atoms with E-state index in [1.54, 1.807) is 0 Å². The highest BCUT2D eigenvalue weighted by molar-refractivity contribution is 7.47. The lowest BCUT2D eigenvalue weighted by Crippen LogP contribution is -2.30. The molecule has 0 aliphatic heterocycles. The summed E-state index contributed by atoms with van der Waals surface area (Å²) in [4.78, 5) is 73.6. The second kappa shape index (κ2) is 87.4. The van der Waals surface area contributed by atoms with Gasteiger partial charge in [0.1, 0.15) is 19.3 Å². The Morgan fingerprint density at radius 3 is 0.596 bits per heavy atom. The molecule has 0 saturated carbocycles. The van der Waals surface area contributed by atoms with Gasteiger partial charge in [0, 0.05) is 25.7 Å². The summed E-state index contributed by atoms with van der Waals surface area (Å²) in [5.74, 6) is -1.27. The van der Waals surface area contributed by atoms with Crippen LogP contribution in [0, 0.1) is 5.92 Å². The number of ether oxygens (including phenoxy) is 4. The van der Waals surface area contributed by atoms with Gasteiger partial charge < -0.3 is 33.8 Å². The molecule has 0 aromatic rings. The highest BCUT2D eigenvalue weighted by Crippen LogP contribution is 2.45. The number of hydrogen-bond acceptors (Lipinski definition) is 15. The number of carbonyl (C=O) groups excluding carboxylic acids is 4. The molecule has 678 valence electrons. The molecular formula is C95H186O17P2. The molecule has 0 radical (unpaired) electrons. The van der Waals surface area contributed by atoms with E-state index in [1.807, 2.05) is 0 Å². The first-order chi connectivity index (χ1) is 55.5. The summed E-state index contributed by atoms with van der Waals surface area (Å²) in [6.45, 7) is 7.46. The maximum absolute atomic E-state index is 13.2. The lowest BCUT2D eigenvalue weighted by atomic mass is 10.0. The molecule has 0 amide bonds. The first kappa shape index (κ1) is 112. The Labute approximate surface area is 702 Å². The minimum Gasteiger partial charge on any atom is -0.462 e. The van der Waals surface area contributed by atoms with Crippen LogP contribution in [0.5, 0.6) is 0 Å². The van der Waals surface area contributed by atoms with E-state index >= 15 is 0 Å². The molecule has 3 N–H and O–H groups in total. The van der Waals surface area contributed by atoms with Gasteiger partial charge in [0.2, 0.25) is 0 Å². The Kier molecular flexibility index (Phi) is 85.9. The fourth-order valence-corrected chi connectivity index (χ4v) is 16.6. The van der Waals surface area contributed by atoms with E-state index in [0.29, 0.717) is 25.7 Å². The van der Waals surface area contributed by atoms with Gasteiger partial charge >= 0.3 is 39.5 Å². The zero-order valence-corrected chi connectivity index (χ0v) is 77.0. The summed E-state index contributed by atoms with van der Waals surface area (Å²) in [7, 11) is -9.94. The van der Waals surface area contributed by atoms with Crippen LogP contribution in [-0.4, -0.2) is 96.7 Å². The predicted molar refractivity (Wildman–Crippen MR) is 474 cm³/mol. The Balaban J connectivity index is 5.25. The lowest BCUT2D eigenvalue weighted by molar-refractivity contribution is -0.161. The molecule has 114 heavy (non-hydrogen) atoms. The molecule has 0 saturated heterocycles. The summed E-state index contributed by atoms with van der Waals surface area (Å²) >= 11 is 0. The number of phosphoric acid groups is 2. The summed E-state index contributed by atoms with van der Waals surface area (Å²) < 4.78 is 69.2. The van der Waals surface area contributed by atoms with Crippen LogP contribution in [0.1, 0.15) is 523 Å². The van der Waals surface area contributed by atoms with Crippen molar-refractivity contribution >= 4 is 39.5 Å². The first-order valence-corrected chi connectivity index (χ1v) is 52.1. The third-order valence-corrected chi connectivity index (χ3v) is 24.4. The standard InChI is InChI=1S/C95H186O17P2/c1-6-9-12-15-18-21-24-27-29-31-33-35-40-44-49-54-59-64-69-74-79-93(98)106-85-91(112-95(100)81-76-71-66-61-56-51-46-42-38-37-39-43-48-52-57-62-67-72-77-88(4)5)87-110-114(103,104)108-83-89(96)82-107-113(101,102)109-86-90(84-105-92(97)78-73-68-63-58-53-47-26-23-20-17-14-11-8-3)111-94(99)80-75-70-65-60-55-50-45-41-36-34-32-30-28-25-22-19-16-13-10-7-2/h88-91,96H,6-87H2,1-5H3,(H,101,102)(H,103,104)/t89-,90+,91+/m0/s1. The monoisotopic (exact) mass is 1660 g/mol. The van der Waals surface area contributed by atoms with Gasteiger partial charge in [-0.3, -0.25) is 37.3 Å². The zero-order valence-electron chi connectivity index (χ0n) is 75.2. The van der Waals surface area contributed by atoms with Crippen LogP contribution in [0.3, 0.4) is 0 Å². The molecule has 0 aliphatic carbocycles. The maximum atomic E-state index is 13.2. The predicted octanol–water partition coefficient (Wildman–Crippen LogP) is 29.9. The van der Waals surface area contributed by atoms with E-state index in [1.165, 1.54) is 347 Å². The number of aliphatic hydroxyl groups excluding tert-OH is 1. The van der Waals surface area contributed by atoms with Crippen LogP contribution in [0.25, 0.3) is 0 Å². The number of aliphatic hydroxyl groups is 1. The lowest BCUT2D eigenvalue weighted by Gasteiger charge is -2.21. The molecule has 17 nitrogen and oxygen atoms in total. The largest absolute Gasteiger partial charge is 0.472 e. The Bertz CT molecular complexity index is 2150. The van der Waals surface area contributed by atoms with Crippen LogP contribution in [0.15, 0.2) is 0 Å². The van der Waals surface area contributed by atoms with Gasteiger partial charge in [-0.1, -0.05) is 471 Å². The third kappa shape index (κ3) is 87.9. The Morgan fingerprint density at radius 1 is 0.237 bits per heavy atom. The number of unbranched alkanes of at least 4 members (excludes halogenated alkanes) is 67. The van der Waals surface area contributed by atoms with Crippen molar-refractivity contribution in [1.82, 2.24) is 0 Å². The Hall–Kier alpha value is -1.94. The van der Waals surface area contributed by atoms with E-state index in [-0.39, 0.29) is 25.7 Å². The van der Waals surface area contributed by atoms with Gasteiger partial charge in [-0.15, -0.1) is 0 Å². The van der Waals surface area contributed by atoms with Crippen LogP contribution < -0.4 is 0 Å². The fourth-order valence-electron chi connectivity index (χ4n) is 15.1. The SMILES string of the molecule is CCCCCCCCCCCCCCCCCCCCCCC(=O)OC[C@H](COP(=O)(O)OC[C@@H](O)COP(=O)(O)OC[C@@H](COC(=O)CCCCCCCCCCCCCCC)OC(=O)CCCCCCCCCCCCCCCCCCCCCC)OC(=O)CCCCCCCCCCCCCCCCCCCCC(C)C. The maximum Gasteiger partial charge on any atom is 0.472 e. The molecule has 0 rings (SSSR count). The van der Waals surface area contributed by atoms with E-state index in [2.05, 4.69) is 34.6 Å². The van der Waals surface area contributed by atoms with Crippen molar-refractivity contribution in [3.63, 3.8) is 0 Å². The molecule has 0 fully saturated rings. The molecule has 0 aromatic carbocycles. The Morgan fingerprint density at radius 2 is 0.404 bits per heavy atom. The van der Waals surface area contributed by atoms with Crippen molar-refractivity contribution in [2.75, 3.05) is 39.6 Å². The fraction of sp³-hybridized carbons (Fsp3) is 0.958. The number of phosphoric ester groups is 2. The number of hydrogen-bond donors (Lipinski definition) is 3. The molecule has 0 heterocycles. The minimum atomic E-state index is -4.97. The van der Waals surface area contributed by atoms with Crippen LogP contribution in [-0.2, 0) is 65.4 Å². The highest BCUT2D eigenvalue weighted by atomic mass is 31.2. The molecule has 5 atom stereocenters. The van der Waals surface area contributed by atoms with Gasteiger partial charge in [0.15, 0.2) is 12.2 Å². The summed E-state index contributed by atoms with van der Waals surface area (Å²) in [5, 5.41) is 10.7.